The zero-order chi connectivity index (χ0) is 21.1. The van der Waals surface area contributed by atoms with Crippen molar-refractivity contribution in [1.29, 1.82) is 0 Å². The molecule has 4 aliphatic carbocycles. The Labute approximate surface area is 173 Å². The molecule has 29 heavy (non-hydrogen) atoms. The molecule has 0 N–H and O–H groups in total. The van der Waals surface area contributed by atoms with Crippen LogP contribution in [0.1, 0.15) is 78.6 Å². The number of carboxylic acids is 1. The Kier molecular flexibility index (Phi) is 5.02. The van der Waals surface area contributed by atoms with Crippen LogP contribution in [0.3, 0.4) is 0 Å². The molecule has 0 radical (unpaired) electrons. The summed E-state index contributed by atoms with van der Waals surface area (Å²) in [6.45, 7) is 6.32. The molecule has 4 rings (SSSR count). The lowest BCUT2D eigenvalue weighted by Gasteiger charge is -2.58. The van der Waals surface area contributed by atoms with Gasteiger partial charge in [-0.1, -0.05) is 20.8 Å². The first-order valence-corrected chi connectivity index (χ1v) is 11.4. The number of carbonyl (C=O) groups is 4. The highest BCUT2D eigenvalue weighted by Crippen LogP contribution is 2.66. The lowest BCUT2D eigenvalue weighted by Crippen LogP contribution is -2.60. The Bertz CT molecular complexity index is 756. The summed E-state index contributed by atoms with van der Waals surface area (Å²) in [6, 6.07) is 0. The van der Waals surface area contributed by atoms with Gasteiger partial charge in [-0.15, -0.1) is 0 Å². The fraction of sp³-hybridized carbons (Fsp3) is 0.833. The Morgan fingerprint density at radius 2 is 1.83 bits per heavy atom. The van der Waals surface area contributed by atoms with Crippen molar-refractivity contribution < 1.29 is 24.3 Å². The van der Waals surface area contributed by atoms with Crippen molar-refractivity contribution >= 4 is 23.3 Å². The number of carbonyl (C=O) groups excluding carboxylic acids is 4. The molecule has 0 aromatic heterocycles. The molecule has 0 unspecified atom stereocenters. The number of rotatable bonds is 4. The van der Waals surface area contributed by atoms with Crippen LogP contribution in [0.4, 0.5) is 0 Å². The first-order chi connectivity index (χ1) is 13.6. The topological polar surface area (TPSA) is 91.3 Å². The van der Waals surface area contributed by atoms with Gasteiger partial charge in [-0.05, 0) is 67.1 Å². The van der Waals surface area contributed by atoms with E-state index in [0.717, 1.165) is 19.3 Å². The van der Waals surface area contributed by atoms with Crippen LogP contribution in [-0.2, 0) is 19.2 Å². The Balaban J connectivity index is 1.63. The Morgan fingerprint density at radius 3 is 2.52 bits per heavy atom. The van der Waals surface area contributed by atoms with Crippen LogP contribution in [0.25, 0.3) is 0 Å². The van der Waals surface area contributed by atoms with E-state index in [1.165, 1.54) is 0 Å². The van der Waals surface area contributed by atoms with Crippen LogP contribution in [0.15, 0.2) is 0 Å². The molecular weight excluding hydrogens is 368 g/mol. The fourth-order valence-corrected chi connectivity index (χ4v) is 7.94. The number of carboxylic acid groups (broad SMARTS) is 1. The number of aliphatic carboxylic acids is 1. The highest BCUT2D eigenvalue weighted by Gasteiger charge is 2.66. The number of hydrogen-bond donors (Lipinski definition) is 0. The highest BCUT2D eigenvalue weighted by atomic mass is 16.4. The smallest absolute Gasteiger partial charge is 0.139 e. The van der Waals surface area contributed by atoms with Gasteiger partial charge >= 0.3 is 0 Å². The second kappa shape index (κ2) is 7.02. The molecule has 160 valence electrons. The van der Waals surface area contributed by atoms with E-state index >= 15 is 0 Å². The Morgan fingerprint density at radius 1 is 1.10 bits per heavy atom. The van der Waals surface area contributed by atoms with Crippen molar-refractivity contribution in [2.45, 2.75) is 78.6 Å². The third-order valence-corrected chi connectivity index (χ3v) is 9.71. The number of hydrogen-bond acceptors (Lipinski definition) is 5. The molecule has 0 bridgehead atoms. The van der Waals surface area contributed by atoms with Crippen LogP contribution in [0.2, 0.25) is 0 Å². The summed E-state index contributed by atoms with van der Waals surface area (Å²) in [5.41, 5.74) is -0.627. The lowest BCUT2D eigenvalue weighted by molar-refractivity contribution is -0.306. The molecule has 5 nitrogen and oxygen atoms in total. The average molecular weight is 402 g/mol. The molecule has 0 saturated heterocycles. The standard InChI is InChI=1S/C24H34O5/c1-13(4-7-21(28)29)16-5-6-17-22-18(12-20(27)24(16,17)3)23(2)9-8-15(25)10-14(23)11-19(22)26/h13-14,16-18,22H,4-12H2,1-3H3,(H,28,29)/p-1/t13-,14-,16-,17-,18-,22-,23+,24-/m1/s1. The van der Waals surface area contributed by atoms with E-state index in [1.807, 2.05) is 6.92 Å². The van der Waals surface area contributed by atoms with Gasteiger partial charge in [-0.2, -0.15) is 0 Å². The maximum absolute atomic E-state index is 13.6. The summed E-state index contributed by atoms with van der Waals surface area (Å²) in [4.78, 5) is 49.8. The fourth-order valence-electron chi connectivity index (χ4n) is 7.94. The predicted molar refractivity (Wildman–Crippen MR) is 104 cm³/mol. The molecule has 8 atom stereocenters. The third kappa shape index (κ3) is 3.02. The average Bonchev–Trinajstić information content (AvgIpc) is 3.01. The lowest BCUT2D eigenvalue weighted by atomic mass is 9.44. The molecular formula is C24H33O5-. The number of Topliss-reactive ketones (excluding diaryl/α,β-unsaturated/α-hetero) is 3. The van der Waals surface area contributed by atoms with Gasteiger partial charge in [0.25, 0.3) is 0 Å². The second-order valence-electron chi connectivity index (χ2n) is 10.8. The zero-order valence-electron chi connectivity index (χ0n) is 17.9. The SMILES string of the molecule is C[C@H](CCC(=O)[O-])[C@H]1CC[C@@H]2[C@H]3C(=O)C[C@H]4CC(=O)CC[C@]4(C)[C@@H]3CC(=O)[C@@]21C. The summed E-state index contributed by atoms with van der Waals surface area (Å²) in [6.07, 6.45) is 5.08. The van der Waals surface area contributed by atoms with Crippen molar-refractivity contribution in [2.24, 2.45) is 46.3 Å². The second-order valence-corrected chi connectivity index (χ2v) is 10.8. The predicted octanol–water partition coefficient (Wildman–Crippen LogP) is 2.74. The molecule has 0 aromatic rings. The van der Waals surface area contributed by atoms with Gasteiger partial charge in [0.2, 0.25) is 0 Å². The minimum atomic E-state index is -1.04. The van der Waals surface area contributed by atoms with Crippen LogP contribution in [-0.4, -0.2) is 23.3 Å². The highest BCUT2D eigenvalue weighted by molar-refractivity contribution is 5.93. The maximum Gasteiger partial charge on any atom is 0.139 e. The summed E-state index contributed by atoms with van der Waals surface area (Å²) in [7, 11) is 0. The van der Waals surface area contributed by atoms with Crippen LogP contribution >= 0.6 is 0 Å². The number of fused-ring (bicyclic) bond motifs is 5. The minimum absolute atomic E-state index is 0.0192. The molecule has 0 amide bonds. The summed E-state index contributed by atoms with van der Waals surface area (Å²) in [5, 5.41) is 10.9. The van der Waals surface area contributed by atoms with Gasteiger partial charge in [-0.25, -0.2) is 0 Å². The molecule has 4 fully saturated rings. The monoisotopic (exact) mass is 401 g/mol. The largest absolute Gasteiger partial charge is 0.550 e. The molecule has 4 aliphatic rings. The van der Waals surface area contributed by atoms with E-state index in [4.69, 9.17) is 0 Å². The van der Waals surface area contributed by atoms with Gasteiger partial charge in [-0.3, -0.25) is 14.4 Å². The summed E-state index contributed by atoms with van der Waals surface area (Å²) in [5.74, 6) is 0.130. The van der Waals surface area contributed by atoms with Crippen LogP contribution in [0.5, 0.6) is 0 Å². The maximum atomic E-state index is 13.6. The molecule has 4 saturated carbocycles. The van der Waals surface area contributed by atoms with E-state index in [9.17, 15) is 24.3 Å². The van der Waals surface area contributed by atoms with Crippen molar-refractivity contribution in [3.63, 3.8) is 0 Å². The molecule has 5 heteroatoms. The quantitative estimate of drug-likeness (QED) is 0.722. The van der Waals surface area contributed by atoms with E-state index in [1.54, 1.807) is 0 Å². The normalized spacial score (nSPS) is 45.3. The molecule has 0 spiro atoms. The van der Waals surface area contributed by atoms with Crippen molar-refractivity contribution in [2.75, 3.05) is 0 Å². The van der Waals surface area contributed by atoms with E-state index < -0.39 is 11.4 Å². The van der Waals surface area contributed by atoms with Crippen LogP contribution < -0.4 is 5.11 Å². The van der Waals surface area contributed by atoms with Crippen molar-refractivity contribution in [3.8, 4) is 0 Å². The third-order valence-electron chi connectivity index (χ3n) is 9.71. The molecule has 0 heterocycles. The van der Waals surface area contributed by atoms with Gasteiger partial charge in [0, 0.05) is 43.0 Å². The van der Waals surface area contributed by atoms with Gasteiger partial charge in [0.15, 0.2) is 0 Å². The van der Waals surface area contributed by atoms with Gasteiger partial charge in [0.05, 0.1) is 0 Å². The van der Waals surface area contributed by atoms with E-state index in [0.29, 0.717) is 32.1 Å². The summed E-state index contributed by atoms with van der Waals surface area (Å²) >= 11 is 0. The first-order valence-electron chi connectivity index (χ1n) is 11.4. The van der Waals surface area contributed by atoms with E-state index in [2.05, 4.69) is 13.8 Å². The molecule has 0 aromatic carbocycles. The van der Waals surface area contributed by atoms with E-state index in [-0.39, 0.29) is 64.7 Å². The van der Waals surface area contributed by atoms with Gasteiger partial charge in [0.1, 0.15) is 17.3 Å². The Hall–Kier alpha value is -1.52. The van der Waals surface area contributed by atoms with Gasteiger partial charge < -0.3 is 9.90 Å². The zero-order valence-corrected chi connectivity index (χ0v) is 17.9. The first kappa shape index (κ1) is 20.7. The summed E-state index contributed by atoms with van der Waals surface area (Å²) < 4.78 is 0. The number of ketones is 3. The van der Waals surface area contributed by atoms with Crippen molar-refractivity contribution in [1.82, 2.24) is 0 Å². The van der Waals surface area contributed by atoms with Crippen LogP contribution in [0, 0.1) is 46.3 Å². The molecule has 0 aliphatic heterocycles. The minimum Gasteiger partial charge on any atom is -0.550 e. The van der Waals surface area contributed by atoms with Crippen molar-refractivity contribution in [3.05, 3.63) is 0 Å².